The zero-order valence-corrected chi connectivity index (χ0v) is 12.2. The van der Waals surface area contributed by atoms with Crippen LogP contribution in [0.5, 0.6) is 0 Å². The average molecular weight is 290 g/mol. The first-order valence-electron chi connectivity index (χ1n) is 7.06. The maximum Gasteiger partial charge on any atom is 0.159 e. The maximum absolute atomic E-state index is 13.3. The highest BCUT2D eigenvalue weighted by Gasteiger charge is 2.09. The fraction of sp³-hybridized carbons (Fsp3) is 0.294. The van der Waals surface area contributed by atoms with Crippen molar-refractivity contribution in [3.05, 3.63) is 65.2 Å². The van der Waals surface area contributed by atoms with Crippen molar-refractivity contribution in [3.8, 4) is 0 Å². The van der Waals surface area contributed by atoms with Crippen molar-refractivity contribution in [1.29, 1.82) is 0 Å². The van der Waals surface area contributed by atoms with Crippen LogP contribution in [-0.4, -0.2) is 13.1 Å². The van der Waals surface area contributed by atoms with E-state index in [1.165, 1.54) is 12.1 Å². The van der Waals surface area contributed by atoms with Gasteiger partial charge >= 0.3 is 0 Å². The lowest BCUT2D eigenvalue weighted by Crippen LogP contribution is -2.25. The molecule has 0 aliphatic rings. The van der Waals surface area contributed by atoms with E-state index in [2.05, 4.69) is 11.0 Å². The van der Waals surface area contributed by atoms with Gasteiger partial charge in [-0.15, -0.1) is 0 Å². The molecule has 0 fully saturated rings. The van der Waals surface area contributed by atoms with E-state index >= 15 is 0 Å². The molecule has 0 bridgehead atoms. The minimum absolute atomic E-state index is 0.528. The van der Waals surface area contributed by atoms with Gasteiger partial charge in [0.05, 0.1) is 0 Å². The fourth-order valence-electron chi connectivity index (χ4n) is 2.26. The number of nitrogens with zero attached hydrogens (tertiary/aromatic N) is 1. The van der Waals surface area contributed by atoms with E-state index in [9.17, 15) is 8.78 Å². The van der Waals surface area contributed by atoms with Gasteiger partial charge in [-0.05, 0) is 55.3 Å². The second-order valence-electron chi connectivity index (χ2n) is 5.15. The number of hydrogen-bond acceptors (Lipinski definition) is 2. The van der Waals surface area contributed by atoms with Crippen molar-refractivity contribution in [2.75, 3.05) is 18.0 Å². The van der Waals surface area contributed by atoms with Gasteiger partial charge in [0.15, 0.2) is 11.6 Å². The van der Waals surface area contributed by atoms with Gasteiger partial charge in [0, 0.05) is 18.8 Å². The van der Waals surface area contributed by atoms with E-state index in [1.54, 1.807) is 6.07 Å². The lowest BCUT2D eigenvalue weighted by Gasteiger charge is -2.25. The molecule has 2 rings (SSSR count). The average Bonchev–Trinajstić information content (AvgIpc) is 2.47. The van der Waals surface area contributed by atoms with Crippen LogP contribution >= 0.6 is 0 Å². The molecule has 0 radical (unpaired) electrons. The summed E-state index contributed by atoms with van der Waals surface area (Å²) in [5.41, 5.74) is 8.55. The van der Waals surface area contributed by atoms with Crippen molar-refractivity contribution in [2.24, 2.45) is 5.73 Å². The molecule has 0 aliphatic carbocycles. The van der Waals surface area contributed by atoms with Gasteiger partial charge in [-0.1, -0.05) is 18.2 Å². The summed E-state index contributed by atoms with van der Waals surface area (Å²) in [6, 6.07) is 12.2. The van der Waals surface area contributed by atoms with E-state index in [1.807, 2.05) is 25.1 Å². The molecule has 0 atom stereocenters. The topological polar surface area (TPSA) is 29.3 Å². The summed E-state index contributed by atoms with van der Waals surface area (Å²) in [6.07, 6.45) is 0.845. The monoisotopic (exact) mass is 290 g/mol. The zero-order chi connectivity index (χ0) is 15.2. The van der Waals surface area contributed by atoms with Crippen molar-refractivity contribution >= 4 is 5.69 Å². The molecule has 0 aromatic heterocycles. The largest absolute Gasteiger partial charge is 0.367 e. The van der Waals surface area contributed by atoms with Gasteiger partial charge in [-0.25, -0.2) is 8.78 Å². The van der Waals surface area contributed by atoms with Crippen LogP contribution in [0.25, 0.3) is 0 Å². The molecule has 0 heterocycles. The number of benzene rings is 2. The Balaban J connectivity index is 2.21. The molecular weight excluding hydrogens is 270 g/mol. The lowest BCUT2D eigenvalue weighted by molar-refractivity contribution is 0.506. The summed E-state index contributed by atoms with van der Waals surface area (Å²) in [7, 11) is 0. The summed E-state index contributed by atoms with van der Waals surface area (Å²) in [4.78, 5) is 2.13. The molecule has 0 amide bonds. The predicted octanol–water partition coefficient (Wildman–Crippen LogP) is 3.63. The Morgan fingerprint density at radius 2 is 1.86 bits per heavy atom. The second kappa shape index (κ2) is 7.18. The Morgan fingerprint density at radius 1 is 1.05 bits per heavy atom. The normalized spacial score (nSPS) is 10.7. The number of halogens is 2. The summed E-state index contributed by atoms with van der Waals surface area (Å²) in [6.45, 7) is 3.93. The highest BCUT2D eigenvalue weighted by Crippen LogP contribution is 2.20. The molecule has 0 unspecified atom stereocenters. The van der Waals surface area contributed by atoms with Crippen LogP contribution in [0.15, 0.2) is 42.5 Å². The van der Waals surface area contributed by atoms with Gasteiger partial charge in [0.1, 0.15) is 0 Å². The van der Waals surface area contributed by atoms with Crippen molar-refractivity contribution < 1.29 is 8.78 Å². The minimum atomic E-state index is -0.817. The van der Waals surface area contributed by atoms with Crippen LogP contribution in [0.2, 0.25) is 0 Å². The van der Waals surface area contributed by atoms with Crippen LogP contribution in [0.3, 0.4) is 0 Å². The zero-order valence-electron chi connectivity index (χ0n) is 12.2. The number of rotatable bonds is 6. The van der Waals surface area contributed by atoms with Crippen LogP contribution in [0.4, 0.5) is 14.5 Å². The molecule has 0 saturated carbocycles. The van der Waals surface area contributed by atoms with Crippen LogP contribution < -0.4 is 10.6 Å². The fourth-order valence-corrected chi connectivity index (χ4v) is 2.26. The Morgan fingerprint density at radius 3 is 2.52 bits per heavy atom. The van der Waals surface area contributed by atoms with Gasteiger partial charge in [-0.3, -0.25) is 0 Å². The Bertz CT molecular complexity index is 599. The number of aryl methyl sites for hydroxylation is 1. The molecule has 2 aromatic rings. The molecule has 112 valence electrons. The molecule has 21 heavy (non-hydrogen) atoms. The lowest BCUT2D eigenvalue weighted by atomic mass is 10.1. The molecular formula is C17H20F2N2. The molecule has 0 aliphatic heterocycles. The van der Waals surface area contributed by atoms with E-state index < -0.39 is 11.6 Å². The first-order valence-corrected chi connectivity index (χ1v) is 7.06. The van der Waals surface area contributed by atoms with Gasteiger partial charge in [-0.2, -0.15) is 0 Å². The number of anilines is 1. The van der Waals surface area contributed by atoms with Gasteiger partial charge < -0.3 is 10.6 Å². The minimum Gasteiger partial charge on any atom is -0.367 e. The highest BCUT2D eigenvalue weighted by molar-refractivity contribution is 5.49. The van der Waals surface area contributed by atoms with E-state index in [-0.39, 0.29) is 0 Å². The van der Waals surface area contributed by atoms with Crippen LogP contribution in [-0.2, 0) is 6.54 Å². The first-order chi connectivity index (χ1) is 10.1. The maximum atomic E-state index is 13.3. The van der Waals surface area contributed by atoms with E-state index in [0.717, 1.165) is 29.8 Å². The standard InChI is InChI=1S/C17H20F2N2/c1-13-4-2-5-15(10-13)21(9-3-8-20)12-14-6-7-16(18)17(19)11-14/h2,4-7,10-11H,3,8-9,12,20H2,1H3. The molecule has 4 heteroatoms. The third-order valence-corrected chi connectivity index (χ3v) is 3.36. The second-order valence-corrected chi connectivity index (χ2v) is 5.15. The molecule has 2 nitrogen and oxygen atoms in total. The Labute approximate surface area is 124 Å². The summed E-state index contributed by atoms with van der Waals surface area (Å²) in [5.74, 6) is -1.63. The Hall–Kier alpha value is -1.94. The van der Waals surface area contributed by atoms with E-state index in [0.29, 0.717) is 13.1 Å². The molecule has 2 N–H and O–H groups in total. The SMILES string of the molecule is Cc1cccc(N(CCCN)Cc2ccc(F)c(F)c2)c1. The summed E-state index contributed by atoms with van der Waals surface area (Å²) in [5, 5.41) is 0. The van der Waals surface area contributed by atoms with Crippen molar-refractivity contribution in [2.45, 2.75) is 19.9 Å². The predicted molar refractivity (Wildman–Crippen MR) is 82.3 cm³/mol. The van der Waals surface area contributed by atoms with Crippen molar-refractivity contribution in [3.63, 3.8) is 0 Å². The Kier molecular flexibility index (Phi) is 5.28. The van der Waals surface area contributed by atoms with Crippen LogP contribution in [0.1, 0.15) is 17.5 Å². The molecule has 2 aromatic carbocycles. The summed E-state index contributed by atoms with van der Waals surface area (Å²) < 4.78 is 26.3. The molecule has 0 saturated heterocycles. The van der Waals surface area contributed by atoms with Crippen molar-refractivity contribution in [1.82, 2.24) is 0 Å². The third kappa shape index (κ3) is 4.26. The first kappa shape index (κ1) is 15.4. The quantitative estimate of drug-likeness (QED) is 0.880. The third-order valence-electron chi connectivity index (χ3n) is 3.36. The van der Waals surface area contributed by atoms with Gasteiger partial charge in [0.2, 0.25) is 0 Å². The van der Waals surface area contributed by atoms with Gasteiger partial charge in [0.25, 0.3) is 0 Å². The summed E-state index contributed by atoms with van der Waals surface area (Å²) >= 11 is 0. The molecule has 0 spiro atoms. The van der Waals surface area contributed by atoms with E-state index in [4.69, 9.17) is 5.73 Å². The highest BCUT2D eigenvalue weighted by atomic mass is 19.2. The van der Waals surface area contributed by atoms with Crippen LogP contribution in [0, 0.1) is 18.6 Å². The number of nitrogens with two attached hydrogens (primary N) is 1. The smallest absolute Gasteiger partial charge is 0.159 e. The number of hydrogen-bond donors (Lipinski definition) is 1.